The first kappa shape index (κ1) is 23.4. The summed E-state index contributed by atoms with van der Waals surface area (Å²) in [6.45, 7) is 5.36. The summed E-state index contributed by atoms with van der Waals surface area (Å²) in [6.07, 6.45) is 1.97. The van der Waals surface area contributed by atoms with E-state index in [-0.39, 0.29) is 12.3 Å². The van der Waals surface area contributed by atoms with E-state index in [9.17, 15) is 4.79 Å². The van der Waals surface area contributed by atoms with Crippen LogP contribution in [0.1, 0.15) is 25.0 Å². The average molecular weight is 527 g/mol. The predicted octanol–water partition coefficient (Wildman–Crippen LogP) is 5.98. The van der Waals surface area contributed by atoms with Gasteiger partial charge in [0.25, 0.3) is 0 Å². The van der Waals surface area contributed by atoms with Crippen molar-refractivity contribution in [3.63, 3.8) is 0 Å². The number of anilines is 1. The van der Waals surface area contributed by atoms with Crippen molar-refractivity contribution in [2.75, 3.05) is 18.5 Å². The standard InChI is InChI=1S/C22H22BrCl2N3O3/c1-3-30-19-8-6-14(10-20(19)31-4-2)11-21(29)26-22-16(23)13-28(27-22)12-15-5-7-17(24)18(25)9-15/h5-10,13H,3-4,11-12H2,1-2H3,(H,26,27,29). The molecular weight excluding hydrogens is 505 g/mol. The molecule has 0 saturated carbocycles. The molecule has 0 unspecified atom stereocenters. The number of halogens is 3. The summed E-state index contributed by atoms with van der Waals surface area (Å²) in [5.74, 6) is 1.55. The van der Waals surface area contributed by atoms with Crippen molar-refractivity contribution in [1.82, 2.24) is 9.78 Å². The summed E-state index contributed by atoms with van der Waals surface area (Å²) >= 11 is 15.5. The number of hydrogen-bond acceptors (Lipinski definition) is 4. The zero-order valence-electron chi connectivity index (χ0n) is 17.1. The van der Waals surface area contributed by atoms with Crippen LogP contribution in [0, 0.1) is 0 Å². The Kier molecular flexibility index (Phi) is 8.23. The minimum atomic E-state index is -0.188. The molecule has 0 fully saturated rings. The van der Waals surface area contributed by atoms with Gasteiger partial charge < -0.3 is 14.8 Å². The topological polar surface area (TPSA) is 65.4 Å². The molecule has 0 atom stereocenters. The van der Waals surface area contributed by atoms with Crippen LogP contribution in [0.5, 0.6) is 11.5 Å². The van der Waals surface area contributed by atoms with Crippen LogP contribution in [0.15, 0.2) is 47.1 Å². The van der Waals surface area contributed by atoms with E-state index >= 15 is 0 Å². The maximum atomic E-state index is 12.6. The van der Waals surface area contributed by atoms with E-state index in [0.717, 1.165) is 11.1 Å². The molecule has 0 aliphatic carbocycles. The monoisotopic (exact) mass is 525 g/mol. The minimum Gasteiger partial charge on any atom is -0.490 e. The minimum absolute atomic E-state index is 0.179. The maximum absolute atomic E-state index is 12.6. The fourth-order valence-corrected chi connectivity index (χ4v) is 3.69. The number of benzene rings is 2. The van der Waals surface area contributed by atoms with Gasteiger partial charge in [-0.25, -0.2) is 0 Å². The van der Waals surface area contributed by atoms with Crippen LogP contribution < -0.4 is 14.8 Å². The molecule has 1 aromatic heterocycles. The number of aromatic nitrogens is 2. The van der Waals surface area contributed by atoms with Gasteiger partial charge in [-0.15, -0.1) is 0 Å². The molecule has 164 valence electrons. The lowest BCUT2D eigenvalue weighted by molar-refractivity contribution is -0.115. The van der Waals surface area contributed by atoms with Gasteiger partial charge in [-0.2, -0.15) is 5.10 Å². The molecule has 0 radical (unpaired) electrons. The van der Waals surface area contributed by atoms with Crippen LogP contribution in [0.25, 0.3) is 0 Å². The molecule has 1 amide bonds. The SMILES string of the molecule is CCOc1ccc(CC(=O)Nc2nn(Cc3ccc(Cl)c(Cl)c3)cc2Br)cc1OCC. The van der Waals surface area contributed by atoms with Gasteiger partial charge >= 0.3 is 0 Å². The molecule has 0 aliphatic rings. The zero-order valence-corrected chi connectivity index (χ0v) is 20.2. The molecule has 1 N–H and O–H groups in total. The molecular formula is C22H22BrCl2N3O3. The molecule has 9 heteroatoms. The van der Waals surface area contributed by atoms with E-state index in [1.54, 1.807) is 23.0 Å². The number of rotatable bonds is 9. The number of ether oxygens (including phenoxy) is 2. The van der Waals surface area contributed by atoms with E-state index in [1.165, 1.54) is 0 Å². The van der Waals surface area contributed by atoms with Gasteiger partial charge in [0.1, 0.15) is 0 Å². The lowest BCUT2D eigenvalue weighted by atomic mass is 10.1. The van der Waals surface area contributed by atoms with Crippen molar-refractivity contribution in [2.45, 2.75) is 26.8 Å². The van der Waals surface area contributed by atoms with Crippen LogP contribution >= 0.6 is 39.1 Å². The average Bonchev–Trinajstić information content (AvgIpc) is 3.05. The highest BCUT2D eigenvalue weighted by atomic mass is 79.9. The number of amides is 1. The van der Waals surface area contributed by atoms with E-state index in [1.807, 2.05) is 38.1 Å². The maximum Gasteiger partial charge on any atom is 0.230 e. The second-order valence-electron chi connectivity index (χ2n) is 6.64. The molecule has 0 bridgehead atoms. The lowest BCUT2D eigenvalue weighted by Crippen LogP contribution is -2.15. The summed E-state index contributed by atoms with van der Waals surface area (Å²) in [5.41, 5.74) is 1.76. The van der Waals surface area contributed by atoms with Gasteiger partial charge in [-0.05, 0) is 65.2 Å². The number of hydrogen-bond donors (Lipinski definition) is 1. The van der Waals surface area contributed by atoms with Crippen LogP contribution in [0.3, 0.4) is 0 Å². The van der Waals surface area contributed by atoms with Crippen molar-refractivity contribution in [3.05, 3.63) is 68.2 Å². The highest BCUT2D eigenvalue weighted by Crippen LogP contribution is 2.29. The first-order valence-corrected chi connectivity index (χ1v) is 11.3. The Hall–Kier alpha value is -2.22. The molecule has 31 heavy (non-hydrogen) atoms. The van der Waals surface area contributed by atoms with Gasteiger partial charge in [0.2, 0.25) is 5.91 Å². The number of nitrogens with one attached hydrogen (secondary N) is 1. The van der Waals surface area contributed by atoms with Gasteiger partial charge in [-0.1, -0.05) is 35.3 Å². The van der Waals surface area contributed by atoms with E-state index in [2.05, 4.69) is 26.3 Å². The van der Waals surface area contributed by atoms with Crippen molar-refractivity contribution in [2.24, 2.45) is 0 Å². The lowest BCUT2D eigenvalue weighted by Gasteiger charge is -2.12. The summed E-state index contributed by atoms with van der Waals surface area (Å²) in [4.78, 5) is 12.6. The normalized spacial score (nSPS) is 10.7. The van der Waals surface area contributed by atoms with Crippen molar-refractivity contribution >= 4 is 50.9 Å². The molecule has 0 aliphatic heterocycles. The van der Waals surface area contributed by atoms with Crippen LogP contribution in [-0.2, 0) is 17.8 Å². The van der Waals surface area contributed by atoms with Crippen LogP contribution in [-0.4, -0.2) is 28.9 Å². The van der Waals surface area contributed by atoms with Crippen molar-refractivity contribution in [3.8, 4) is 11.5 Å². The molecule has 3 aromatic rings. The van der Waals surface area contributed by atoms with Crippen LogP contribution in [0.4, 0.5) is 5.82 Å². The first-order valence-electron chi connectivity index (χ1n) is 9.74. The molecule has 1 heterocycles. The fraction of sp³-hybridized carbons (Fsp3) is 0.273. The zero-order chi connectivity index (χ0) is 22.4. The summed E-state index contributed by atoms with van der Waals surface area (Å²) < 4.78 is 13.6. The van der Waals surface area contributed by atoms with Crippen molar-refractivity contribution < 1.29 is 14.3 Å². The predicted molar refractivity (Wildman–Crippen MR) is 127 cm³/mol. The quantitative estimate of drug-likeness (QED) is 0.372. The second kappa shape index (κ2) is 10.9. The highest BCUT2D eigenvalue weighted by molar-refractivity contribution is 9.10. The number of carbonyl (C=O) groups is 1. The molecule has 6 nitrogen and oxygen atoms in total. The Labute approximate surface area is 199 Å². The Morgan fingerprint density at radius 2 is 1.74 bits per heavy atom. The first-order chi connectivity index (χ1) is 14.9. The van der Waals surface area contributed by atoms with Gasteiger partial charge in [-0.3, -0.25) is 9.48 Å². The Morgan fingerprint density at radius 3 is 2.45 bits per heavy atom. The molecule has 0 saturated heterocycles. The summed E-state index contributed by atoms with van der Waals surface area (Å²) in [7, 11) is 0. The van der Waals surface area contributed by atoms with E-state index < -0.39 is 0 Å². The molecule has 0 spiro atoms. The van der Waals surface area contributed by atoms with Crippen LogP contribution in [0.2, 0.25) is 10.0 Å². The largest absolute Gasteiger partial charge is 0.490 e. The fourth-order valence-electron chi connectivity index (χ4n) is 2.95. The Morgan fingerprint density at radius 1 is 1.03 bits per heavy atom. The van der Waals surface area contributed by atoms with E-state index in [0.29, 0.717) is 51.6 Å². The Bertz CT molecular complexity index is 1070. The van der Waals surface area contributed by atoms with E-state index in [4.69, 9.17) is 32.7 Å². The number of nitrogens with zero attached hydrogens (tertiary/aromatic N) is 2. The molecule has 2 aromatic carbocycles. The van der Waals surface area contributed by atoms with Gasteiger partial charge in [0, 0.05) is 6.20 Å². The smallest absolute Gasteiger partial charge is 0.230 e. The van der Waals surface area contributed by atoms with Gasteiger partial charge in [0.05, 0.1) is 40.7 Å². The third-order valence-electron chi connectivity index (χ3n) is 4.28. The third-order valence-corrected chi connectivity index (χ3v) is 5.60. The third kappa shape index (κ3) is 6.38. The molecule has 3 rings (SSSR count). The Balaban J connectivity index is 1.66. The van der Waals surface area contributed by atoms with Crippen molar-refractivity contribution in [1.29, 1.82) is 0 Å². The summed E-state index contributed by atoms with van der Waals surface area (Å²) in [5, 5.41) is 8.27. The summed E-state index contributed by atoms with van der Waals surface area (Å²) in [6, 6.07) is 10.9. The number of carbonyl (C=O) groups excluding carboxylic acids is 1. The van der Waals surface area contributed by atoms with Gasteiger partial charge in [0.15, 0.2) is 17.3 Å². The highest BCUT2D eigenvalue weighted by Gasteiger charge is 2.13. The second-order valence-corrected chi connectivity index (χ2v) is 8.31.